The van der Waals surface area contributed by atoms with Gasteiger partial charge in [0.1, 0.15) is 4.99 Å². The van der Waals surface area contributed by atoms with Gasteiger partial charge in [0.05, 0.1) is 6.61 Å². The van der Waals surface area contributed by atoms with Crippen LogP contribution in [-0.4, -0.2) is 42.6 Å². The molecule has 0 saturated carbocycles. The molecule has 2 rings (SSSR count). The van der Waals surface area contributed by atoms with E-state index in [1.54, 1.807) is 13.2 Å². The van der Waals surface area contributed by atoms with Crippen molar-refractivity contribution in [2.24, 2.45) is 11.7 Å². The van der Waals surface area contributed by atoms with Crippen LogP contribution in [0.25, 0.3) is 0 Å². The fourth-order valence-corrected chi connectivity index (χ4v) is 2.74. The smallest absolute Gasteiger partial charge is 0.253 e. The minimum Gasteiger partial charge on any atom is -0.389 e. The van der Waals surface area contributed by atoms with Gasteiger partial charge < -0.3 is 15.4 Å². The number of carbonyl (C=O) groups excluding carboxylic acids is 1. The number of nitrogens with two attached hydrogens (primary N) is 1. The van der Waals surface area contributed by atoms with Crippen LogP contribution in [0, 0.1) is 5.92 Å². The van der Waals surface area contributed by atoms with Gasteiger partial charge in [0.2, 0.25) is 0 Å². The SMILES string of the molecule is COCC1CCCN(C(=O)c2cccc(C(N)=S)c2)C1. The first-order valence-electron chi connectivity index (χ1n) is 6.80. The van der Waals surface area contributed by atoms with Crippen LogP contribution in [0.2, 0.25) is 0 Å². The lowest BCUT2D eigenvalue weighted by molar-refractivity contribution is 0.0571. The van der Waals surface area contributed by atoms with E-state index in [1.807, 2.05) is 23.1 Å². The van der Waals surface area contributed by atoms with E-state index in [0.717, 1.165) is 31.5 Å². The van der Waals surface area contributed by atoms with E-state index < -0.39 is 0 Å². The van der Waals surface area contributed by atoms with E-state index >= 15 is 0 Å². The Morgan fingerprint density at radius 2 is 2.25 bits per heavy atom. The highest BCUT2D eigenvalue weighted by Gasteiger charge is 2.24. The van der Waals surface area contributed by atoms with E-state index in [0.29, 0.717) is 23.1 Å². The molecule has 1 fully saturated rings. The van der Waals surface area contributed by atoms with Crippen molar-refractivity contribution in [3.05, 3.63) is 35.4 Å². The zero-order valence-electron chi connectivity index (χ0n) is 11.7. The van der Waals surface area contributed by atoms with Crippen molar-refractivity contribution < 1.29 is 9.53 Å². The van der Waals surface area contributed by atoms with Crippen molar-refractivity contribution in [3.8, 4) is 0 Å². The van der Waals surface area contributed by atoms with E-state index in [2.05, 4.69) is 0 Å². The second kappa shape index (κ2) is 6.81. The van der Waals surface area contributed by atoms with Crippen molar-refractivity contribution in [1.29, 1.82) is 0 Å². The van der Waals surface area contributed by atoms with Gasteiger partial charge in [0.15, 0.2) is 0 Å². The van der Waals surface area contributed by atoms with Gasteiger partial charge in [-0.05, 0) is 30.9 Å². The van der Waals surface area contributed by atoms with Crippen LogP contribution in [-0.2, 0) is 4.74 Å². The van der Waals surface area contributed by atoms with Crippen LogP contribution in [0.4, 0.5) is 0 Å². The van der Waals surface area contributed by atoms with Gasteiger partial charge in [-0.2, -0.15) is 0 Å². The second-order valence-electron chi connectivity index (χ2n) is 5.16. The summed E-state index contributed by atoms with van der Waals surface area (Å²) in [6.07, 6.45) is 2.14. The van der Waals surface area contributed by atoms with Gasteiger partial charge in [0, 0.05) is 31.3 Å². The third kappa shape index (κ3) is 3.55. The summed E-state index contributed by atoms with van der Waals surface area (Å²) in [7, 11) is 1.70. The molecule has 1 aliphatic heterocycles. The first-order chi connectivity index (χ1) is 9.61. The summed E-state index contributed by atoms with van der Waals surface area (Å²) >= 11 is 4.95. The predicted octanol–water partition coefficient (Wildman–Crippen LogP) is 1.82. The summed E-state index contributed by atoms with van der Waals surface area (Å²) in [4.78, 5) is 14.7. The molecule has 1 amide bonds. The molecule has 0 radical (unpaired) electrons. The number of ether oxygens (including phenoxy) is 1. The molecule has 1 aromatic rings. The average molecular weight is 292 g/mol. The van der Waals surface area contributed by atoms with Gasteiger partial charge >= 0.3 is 0 Å². The Morgan fingerprint density at radius 1 is 1.50 bits per heavy atom. The van der Waals surface area contributed by atoms with Crippen molar-refractivity contribution in [3.63, 3.8) is 0 Å². The molecule has 4 nitrogen and oxygen atoms in total. The molecule has 0 aliphatic carbocycles. The first-order valence-corrected chi connectivity index (χ1v) is 7.20. The normalized spacial score (nSPS) is 18.9. The Hall–Kier alpha value is -1.46. The Bertz CT molecular complexity index is 502. The van der Waals surface area contributed by atoms with Crippen molar-refractivity contribution >= 4 is 23.1 Å². The van der Waals surface area contributed by atoms with Gasteiger partial charge in [-0.25, -0.2) is 0 Å². The van der Waals surface area contributed by atoms with E-state index in [-0.39, 0.29) is 5.91 Å². The molecule has 1 unspecified atom stereocenters. The highest BCUT2D eigenvalue weighted by Crippen LogP contribution is 2.19. The number of benzene rings is 1. The Labute approximate surface area is 124 Å². The maximum Gasteiger partial charge on any atom is 0.253 e. The molecule has 5 heteroatoms. The van der Waals surface area contributed by atoms with Crippen LogP contribution in [0.3, 0.4) is 0 Å². The van der Waals surface area contributed by atoms with Crippen molar-refractivity contribution in [1.82, 2.24) is 4.90 Å². The Kier molecular flexibility index (Phi) is 5.09. The number of likely N-dealkylation sites (tertiary alicyclic amines) is 1. The molecule has 1 saturated heterocycles. The van der Waals surface area contributed by atoms with Crippen molar-refractivity contribution in [2.45, 2.75) is 12.8 Å². The van der Waals surface area contributed by atoms with E-state index in [1.165, 1.54) is 0 Å². The molecule has 108 valence electrons. The lowest BCUT2D eigenvalue weighted by atomic mass is 9.98. The lowest BCUT2D eigenvalue weighted by Crippen LogP contribution is -2.41. The topological polar surface area (TPSA) is 55.6 Å². The van der Waals surface area contributed by atoms with Crippen LogP contribution >= 0.6 is 12.2 Å². The maximum atomic E-state index is 12.5. The van der Waals surface area contributed by atoms with E-state index in [9.17, 15) is 4.79 Å². The number of methoxy groups -OCH3 is 1. The maximum absolute atomic E-state index is 12.5. The molecule has 2 N–H and O–H groups in total. The van der Waals surface area contributed by atoms with Gasteiger partial charge in [0.25, 0.3) is 5.91 Å². The summed E-state index contributed by atoms with van der Waals surface area (Å²) in [6.45, 7) is 2.26. The first kappa shape index (κ1) is 14.9. The predicted molar refractivity (Wildman–Crippen MR) is 82.8 cm³/mol. The average Bonchev–Trinajstić information content (AvgIpc) is 2.47. The molecule has 1 aromatic carbocycles. The third-order valence-corrected chi connectivity index (χ3v) is 3.84. The standard InChI is InChI=1S/C15H20N2O2S/c1-19-10-11-4-3-7-17(9-11)15(18)13-6-2-5-12(8-13)14(16)20/h2,5-6,8,11H,3-4,7,9-10H2,1H3,(H2,16,20). The summed E-state index contributed by atoms with van der Waals surface area (Å²) in [5.41, 5.74) is 6.99. The van der Waals surface area contributed by atoms with Gasteiger partial charge in [-0.3, -0.25) is 4.79 Å². The fourth-order valence-electron chi connectivity index (χ4n) is 2.61. The number of rotatable bonds is 4. The number of amides is 1. The minimum absolute atomic E-state index is 0.0453. The molecule has 1 heterocycles. The van der Waals surface area contributed by atoms with Crippen LogP contribution in [0.15, 0.2) is 24.3 Å². The number of hydrogen-bond donors (Lipinski definition) is 1. The van der Waals surface area contributed by atoms with Crippen LogP contribution < -0.4 is 5.73 Å². The molecule has 0 spiro atoms. The largest absolute Gasteiger partial charge is 0.389 e. The number of hydrogen-bond acceptors (Lipinski definition) is 3. The molecule has 0 bridgehead atoms. The number of nitrogens with zero attached hydrogens (tertiary/aromatic N) is 1. The highest BCUT2D eigenvalue weighted by molar-refractivity contribution is 7.80. The van der Waals surface area contributed by atoms with Gasteiger partial charge in [-0.1, -0.05) is 24.4 Å². The highest BCUT2D eigenvalue weighted by atomic mass is 32.1. The van der Waals surface area contributed by atoms with Crippen LogP contribution in [0.1, 0.15) is 28.8 Å². The Morgan fingerprint density at radius 3 is 2.95 bits per heavy atom. The number of thiocarbonyl (C=S) groups is 1. The summed E-state index contributed by atoms with van der Waals surface area (Å²) < 4.78 is 5.19. The Balaban J connectivity index is 2.10. The fraction of sp³-hybridized carbons (Fsp3) is 0.467. The summed E-state index contributed by atoms with van der Waals surface area (Å²) in [5, 5.41) is 0. The molecule has 0 aromatic heterocycles. The molecular weight excluding hydrogens is 272 g/mol. The lowest BCUT2D eigenvalue weighted by Gasteiger charge is -2.32. The van der Waals surface area contributed by atoms with Crippen molar-refractivity contribution in [2.75, 3.05) is 26.8 Å². The quantitative estimate of drug-likeness (QED) is 0.860. The monoisotopic (exact) mass is 292 g/mol. The third-order valence-electron chi connectivity index (χ3n) is 3.60. The zero-order chi connectivity index (χ0) is 14.5. The molecular formula is C15H20N2O2S. The minimum atomic E-state index is 0.0453. The number of piperidine rings is 1. The summed E-state index contributed by atoms with van der Waals surface area (Å²) in [5.74, 6) is 0.473. The summed E-state index contributed by atoms with van der Waals surface area (Å²) in [6, 6.07) is 7.22. The molecule has 1 aliphatic rings. The zero-order valence-corrected chi connectivity index (χ0v) is 12.5. The molecule has 20 heavy (non-hydrogen) atoms. The van der Waals surface area contributed by atoms with E-state index in [4.69, 9.17) is 22.7 Å². The molecule has 1 atom stereocenters. The second-order valence-corrected chi connectivity index (χ2v) is 5.60. The van der Waals surface area contributed by atoms with Gasteiger partial charge in [-0.15, -0.1) is 0 Å². The number of carbonyl (C=O) groups is 1. The van der Waals surface area contributed by atoms with Crippen LogP contribution in [0.5, 0.6) is 0 Å².